The Labute approximate surface area is 273 Å². The Kier molecular flexibility index (Phi) is 11.1. The van der Waals surface area contributed by atoms with Crippen LogP contribution in [0.4, 0.5) is 0 Å². The van der Waals surface area contributed by atoms with Crippen LogP contribution in [0.25, 0.3) is 53.9 Å². The molecular weight excluding hydrogens is 569 g/mol. The number of benzene rings is 6. The van der Waals surface area contributed by atoms with Crippen LogP contribution in [0.15, 0.2) is 94.7 Å². The van der Waals surface area contributed by atoms with Crippen molar-refractivity contribution in [3.8, 4) is 0 Å². The molecule has 0 heterocycles. The highest BCUT2D eigenvalue weighted by molar-refractivity contribution is 7.99. The fourth-order valence-electron chi connectivity index (χ4n) is 6.80. The summed E-state index contributed by atoms with van der Waals surface area (Å²) in [5, 5.41) is 13.5. The molecule has 0 atom stereocenters. The highest BCUT2D eigenvalue weighted by Gasteiger charge is 2.10. The molecule has 0 aliphatic carbocycles. The number of fused-ring (bicyclic) bond motifs is 9. The molecule has 0 fully saturated rings. The van der Waals surface area contributed by atoms with Crippen LogP contribution in [0.2, 0.25) is 0 Å². The highest BCUT2D eigenvalue weighted by Crippen LogP contribution is 2.38. The molecule has 0 unspecified atom stereocenters. The summed E-state index contributed by atoms with van der Waals surface area (Å²) in [5.41, 5.74) is 0. The van der Waals surface area contributed by atoms with E-state index in [1.165, 1.54) is 152 Å². The van der Waals surface area contributed by atoms with Crippen LogP contribution in [-0.2, 0) is 0 Å². The van der Waals surface area contributed by atoms with Crippen LogP contribution in [0.3, 0.4) is 0 Å². The minimum absolute atomic E-state index is 1.22. The Morgan fingerprint density at radius 3 is 1.07 bits per heavy atom. The second-order valence-electron chi connectivity index (χ2n) is 12.5. The molecule has 0 saturated carbocycles. The maximum Gasteiger partial charge on any atom is 0.00783 e. The third-order valence-corrected chi connectivity index (χ3v) is 11.5. The molecule has 2 heteroatoms. The molecule has 228 valence electrons. The average Bonchev–Trinajstić information content (AvgIpc) is 3.06. The van der Waals surface area contributed by atoms with Gasteiger partial charge >= 0.3 is 0 Å². The first-order valence-electron chi connectivity index (χ1n) is 17.3. The quantitative estimate of drug-likeness (QED) is 0.0603. The second-order valence-corrected chi connectivity index (χ2v) is 14.9. The fourth-order valence-corrected chi connectivity index (χ4v) is 8.72. The van der Waals surface area contributed by atoms with E-state index in [-0.39, 0.29) is 0 Å². The van der Waals surface area contributed by atoms with E-state index in [0.29, 0.717) is 0 Å². The van der Waals surface area contributed by atoms with E-state index in [0.717, 1.165) is 0 Å². The second kappa shape index (κ2) is 15.5. The normalized spacial score (nSPS) is 12.0. The van der Waals surface area contributed by atoms with Crippen molar-refractivity contribution in [3.05, 3.63) is 84.9 Å². The molecule has 0 aliphatic rings. The van der Waals surface area contributed by atoms with E-state index in [9.17, 15) is 0 Å². The topological polar surface area (TPSA) is 0 Å². The SMILES string of the molecule is CCCCCCCCSc1ccc2c(ccc3c2ccc2c4ccc5cc(SCCCCCCCC)ccc5c4ccc32)c1. The fraction of sp³-hybridized carbons (Fsp3) is 0.381. The minimum atomic E-state index is 1.22. The third kappa shape index (κ3) is 7.24. The Morgan fingerprint density at radius 1 is 0.341 bits per heavy atom. The van der Waals surface area contributed by atoms with Gasteiger partial charge in [-0.1, -0.05) is 139 Å². The van der Waals surface area contributed by atoms with Gasteiger partial charge < -0.3 is 0 Å². The van der Waals surface area contributed by atoms with Gasteiger partial charge in [0.15, 0.2) is 0 Å². The standard InChI is InChI=1S/C42H48S2/c1-3-5-7-9-11-13-27-43-33-17-21-35-31(29-33)15-19-39-37(35)23-25-42-40-20-16-32-30-34(44-28-14-12-10-8-6-4-2)18-22-36(32)38(40)24-26-41(39)42/h15-26,29-30H,3-14,27-28H2,1-2H3. The lowest BCUT2D eigenvalue weighted by molar-refractivity contribution is 0.627. The largest absolute Gasteiger partial charge is 0.126 e. The summed E-state index contributed by atoms with van der Waals surface area (Å²) in [4.78, 5) is 2.79. The average molecular weight is 617 g/mol. The van der Waals surface area contributed by atoms with E-state index in [1.807, 2.05) is 23.5 Å². The first-order chi connectivity index (χ1) is 21.8. The molecule has 0 nitrogen and oxygen atoms in total. The molecule has 0 bridgehead atoms. The Morgan fingerprint density at radius 2 is 0.659 bits per heavy atom. The van der Waals surface area contributed by atoms with Crippen LogP contribution in [0.1, 0.15) is 90.9 Å². The summed E-state index contributed by atoms with van der Waals surface area (Å²) < 4.78 is 0. The van der Waals surface area contributed by atoms with Gasteiger partial charge in [0, 0.05) is 9.79 Å². The summed E-state index contributed by atoms with van der Waals surface area (Å²) in [7, 11) is 0. The molecular formula is C42H48S2. The molecule has 0 aliphatic heterocycles. The van der Waals surface area contributed by atoms with E-state index in [4.69, 9.17) is 0 Å². The molecule has 6 aromatic rings. The van der Waals surface area contributed by atoms with Crippen LogP contribution in [0, 0.1) is 0 Å². The predicted octanol–water partition coefficient (Wildman–Crippen LogP) is 14.4. The minimum Gasteiger partial charge on any atom is -0.126 e. The molecule has 6 rings (SSSR count). The van der Waals surface area contributed by atoms with Gasteiger partial charge in [-0.2, -0.15) is 0 Å². The van der Waals surface area contributed by atoms with Gasteiger partial charge in [-0.05, 0) is 102 Å². The maximum absolute atomic E-state index is 2.40. The van der Waals surface area contributed by atoms with E-state index in [1.54, 1.807) is 0 Å². The Balaban J connectivity index is 1.20. The van der Waals surface area contributed by atoms with Crippen molar-refractivity contribution in [2.45, 2.75) is 101 Å². The van der Waals surface area contributed by atoms with Gasteiger partial charge in [0.2, 0.25) is 0 Å². The zero-order valence-corrected chi connectivity index (χ0v) is 28.4. The molecule has 0 spiro atoms. The first kappa shape index (κ1) is 31.3. The number of hydrogen-bond donors (Lipinski definition) is 0. The van der Waals surface area contributed by atoms with Gasteiger partial charge in [-0.15, -0.1) is 23.5 Å². The van der Waals surface area contributed by atoms with Crippen LogP contribution < -0.4 is 0 Å². The maximum atomic E-state index is 2.40. The summed E-state index contributed by atoms with van der Waals surface area (Å²) in [6, 6.07) is 33.0. The van der Waals surface area contributed by atoms with Crippen molar-refractivity contribution in [2.75, 3.05) is 11.5 Å². The van der Waals surface area contributed by atoms with Crippen molar-refractivity contribution < 1.29 is 0 Å². The zero-order chi connectivity index (χ0) is 30.1. The Bertz CT molecular complexity index is 1710. The van der Waals surface area contributed by atoms with Crippen molar-refractivity contribution >= 4 is 77.4 Å². The molecule has 0 amide bonds. The Hall–Kier alpha value is -2.68. The van der Waals surface area contributed by atoms with Crippen molar-refractivity contribution in [2.24, 2.45) is 0 Å². The van der Waals surface area contributed by atoms with Crippen molar-refractivity contribution in [1.82, 2.24) is 0 Å². The lowest BCUT2D eigenvalue weighted by Crippen LogP contribution is -1.86. The summed E-state index contributed by atoms with van der Waals surface area (Å²) >= 11 is 4.03. The zero-order valence-electron chi connectivity index (χ0n) is 26.8. The first-order valence-corrected chi connectivity index (χ1v) is 19.2. The van der Waals surface area contributed by atoms with Gasteiger partial charge in [0.25, 0.3) is 0 Å². The van der Waals surface area contributed by atoms with Gasteiger partial charge in [-0.3, -0.25) is 0 Å². The smallest absolute Gasteiger partial charge is 0.00783 e. The van der Waals surface area contributed by atoms with Crippen LogP contribution in [0.5, 0.6) is 0 Å². The molecule has 6 aromatic carbocycles. The number of hydrogen-bond acceptors (Lipinski definition) is 2. The predicted molar refractivity (Wildman–Crippen MR) is 202 cm³/mol. The van der Waals surface area contributed by atoms with Crippen molar-refractivity contribution in [3.63, 3.8) is 0 Å². The van der Waals surface area contributed by atoms with Gasteiger partial charge in [-0.25, -0.2) is 0 Å². The molecule has 0 aromatic heterocycles. The third-order valence-electron chi connectivity index (χ3n) is 9.30. The molecule has 44 heavy (non-hydrogen) atoms. The summed E-state index contributed by atoms with van der Waals surface area (Å²) in [6.07, 6.45) is 16.3. The van der Waals surface area contributed by atoms with Crippen molar-refractivity contribution in [1.29, 1.82) is 0 Å². The molecule has 0 saturated heterocycles. The number of thioether (sulfide) groups is 2. The number of unbranched alkanes of at least 4 members (excludes halogenated alkanes) is 10. The molecule has 0 N–H and O–H groups in total. The lowest BCUT2D eigenvalue weighted by Gasteiger charge is -2.12. The van der Waals surface area contributed by atoms with Gasteiger partial charge in [0.05, 0.1) is 0 Å². The van der Waals surface area contributed by atoms with Crippen LogP contribution in [-0.4, -0.2) is 11.5 Å². The van der Waals surface area contributed by atoms with Crippen LogP contribution >= 0.6 is 23.5 Å². The summed E-state index contributed by atoms with van der Waals surface area (Å²) in [6.45, 7) is 4.58. The monoisotopic (exact) mass is 616 g/mol. The van der Waals surface area contributed by atoms with E-state index >= 15 is 0 Å². The van der Waals surface area contributed by atoms with Gasteiger partial charge in [0.1, 0.15) is 0 Å². The molecule has 0 radical (unpaired) electrons. The lowest BCUT2D eigenvalue weighted by atomic mass is 9.92. The van der Waals surface area contributed by atoms with E-state index in [2.05, 4.69) is 98.8 Å². The summed E-state index contributed by atoms with van der Waals surface area (Å²) in [5.74, 6) is 2.44. The number of rotatable bonds is 16. The highest BCUT2D eigenvalue weighted by atomic mass is 32.2. The van der Waals surface area contributed by atoms with E-state index < -0.39 is 0 Å².